The Balaban J connectivity index is 1.87. The first-order chi connectivity index (χ1) is 12.1. The molecule has 0 aliphatic rings. The molecule has 0 unspecified atom stereocenters. The number of hydrazone groups is 1. The van der Waals surface area contributed by atoms with Gasteiger partial charge in [-0.2, -0.15) is 5.10 Å². The normalized spacial score (nSPS) is 10.4. The highest BCUT2D eigenvalue weighted by molar-refractivity contribution is 5.86. The smallest absolute Gasteiger partial charge is 0.259 e. The number of para-hydroxylation sites is 2. The van der Waals surface area contributed by atoms with Crippen LogP contribution >= 0.6 is 0 Å². The Bertz CT molecular complexity index is 774. The Hall–Kier alpha value is -3.35. The number of nitrogens with one attached hydrogen (secondary N) is 2. The van der Waals surface area contributed by atoms with Gasteiger partial charge in [-0.3, -0.25) is 4.79 Å². The van der Waals surface area contributed by atoms with Crippen molar-refractivity contribution in [2.45, 2.75) is 6.92 Å². The van der Waals surface area contributed by atoms with Crippen LogP contribution in [0.3, 0.4) is 0 Å². The highest BCUT2D eigenvalue weighted by atomic mass is 16.5. The average molecular weight is 340 g/mol. The first-order valence-corrected chi connectivity index (χ1v) is 7.59. The summed E-state index contributed by atoms with van der Waals surface area (Å²) in [5.74, 6) is -1.29. The van der Waals surface area contributed by atoms with Gasteiger partial charge in [-0.1, -0.05) is 30.3 Å². The van der Waals surface area contributed by atoms with Crippen LogP contribution in [-0.4, -0.2) is 31.2 Å². The SMILES string of the molecule is Cc1ccccc1NCC(=O)N/N=C\c1ccccc1OCC(=O)[O-]. The predicted octanol–water partition coefficient (Wildman–Crippen LogP) is 0.686. The second-order valence-corrected chi connectivity index (χ2v) is 5.16. The van der Waals surface area contributed by atoms with E-state index in [1.165, 1.54) is 6.21 Å². The second-order valence-electron chi connectivity index (χ2n) is 5.16. The molecule has 0 bridgehead atoms. The maximum atomic E-state index is 11.8. The number of carbonyl (C=O) groups excluding carboxylic acids is 2. The maximum Gasteiger partial charge on any atom is 0.259 e. The number of carboxylic acid groups (broad SMARTS) is 1. The summed E-state index contributed by atoms with van der Waals surface area (Å²) in [5.41, 5.74) is 4.85. The van der Waals surface area contributed by atoms with Crippen molar-refractivity contribution in [1.29, 1.82) is 0 Å². The highest BCUT2D eigenvalue weighted by Crippen LogP contribution is 2.15. The fourth-order valence-electron chi connectivity index (χ4n) is 2.02. The Labute approximate surface area is 145 Å². The van der Waals surface area contributed by atoms with E-state index < -0.39 is 12.6 Å². The highest BCUT2D eigenvalue weighted by Gasteiger charge is 2.03. The minimum atomic E-state index is -1.32. The summed E-state index contributed by atoms with van der Waals surface area (Å²) in [5, 5.41) is 17.3. The summed E-state index contributed by atoms with van der Waals surface area (Å²) in [6.45, 7) is 1.46. The quantitative estimate of drug-likeness (QED) is 0.543. The molecular weight excluding hydrogens is 322 g/mol. The molecule has 7 nitrogen and oxygen atoms in total. The first-order valence-electron chi connectivity index (χ1n) is 7.59. The number of nitrogens with zero attached hydrogens (tertiary/aromatic N) is 1. The number of hydrogen-bond acceptors (Lipinski definition) is 6. The van der Waals surface area contributed by atoms with Crippen LogP contribution in [0.4, 0.5) is 5.69 Å². The van der Waals surface area contributed by atoms with Gasteiger partial charge in [-0.05, 0) is 30.7 Å². The van der Waals surface area contributed by atoms with Gasteiger partial charge in [0.2, 0.25) is 0 Å². The molecule has 130 valence electrons. The standard InChI is InChI=1S/C18H19N3O4/c1-13-6-2-4-8-15(13)19-11-17(22)21-20-10-14-7-3-5-9-16(14)25-12-18(23)24/h2-10,19H,11-12H2,1H3,(H,21,22)(H,23,24)/p-1/b20-10-. The van der Waals surface area contributed by atoms with E-state index in [1.54, 1.807) is 24.3 Å². The first kappa shape index (κ1) is 18.0. The number of carboxylic acids is 1. The molecule has 1 amide bonds. The predicted molar refractivity (Wildman–Crippen MR) is 92.3 cm³/mol. The van der Waals surface area contributed by atoms with E-state index in [-0.39, 0.29) is 12.5 Å². The van der Waals surface area contributed by atoms with E-state index in [0.29, 0.717) is 11.3 Å². The lowest BCUT2D eigenvalue weighted by molar-refractivity contribution is -0.307. The molecule has 0 saturated heterocycles. The third-order valence-electron chi connectivity index (χ3n) is 3.24. The number of aryl methyl sites for hydroxylation is 1. The summed E-state index contributed by atoms with van der Waals surface area (Å²) >= 11 is 0. The Morgan fingerprint density at radius 2 is 1.88 bits per heavy atom. The third kappa shape index (κ3) is 5.98. The molecule has 0 heterocycles. The monoisotopic (exact) mass is 340 g/mol. The fourth-order valence-corrected chi connectivity index (χ4v) is 2.02. The van der Waals surface area contributed by atoms with E-state index in [1.807, 2.05) is 31.2 Å². The van der Waals surface area contributed by atoms with Crippen LogP contribution in [0.2, 0.25) is 0 Å². The van der Waals surface area contributed by atoms with Crippen molar-refractivity contribution in [3.8, 4) is 5.75 Å². The average Bonchev–Trinajstić information content (AvgIpc) is 2.60. The van der Waals surface area contributed by atoms with Crippen LogP contribution in [-0.2, 0) is 9.59 Å². The van der Waals surface area contributed by atoms with Gasteiger partial charge in [-0.25, -0.2) is 5.43 Å². The number of rotatable bonds is 8. The van der Waals surface area contributed by atoms with Crippen molar-refractivity contribution in [3.63, 3.8) is 0 Å². The minimum Gasteiger partial charge on any atom is -0.546 e. The summed E-state index contributed by atoms with van der Waals surface area (Å²) in [4.78, 5) is 22.3. The van der Waals surface area contributed by atoms with Crippen LogP contribution in [0.15, 0.2) is 53.6 Å². The molecule has 7 heteroatoms. The van der Waals surface area contributed by atoms with Crippen molar-refractivity contribution in [3.05, 3.63) is 59.7 Å². The second kappa shape index (κ2) is 9.07. The van der Waals surface area contributed by atoms with Crippen molar-refractivity contribution in [1.82, 2.24) is 5.43 Å². The minimum absolute atomic E-state index is 0.0744. The van der Waals surface area contributed by atoms with Crippen LogP contribution < -0.4 is 20.6 Å². The molecule has 2 aromatic rings. The van der Waals surface area contributed by atoms with E-state index in [4.69, 9.17) is 4.74 Å². The Morgan fingerprint density at radius 1 is 1.16 bits per heavy atom. The lowest BCUT2D eigenvalue weighted by Crippen LogP contribution is -2.29. The van der Waals surface area contributed by atoms with E-state index in [0.717, 1.165) is 11.3 Å². The topological polar surface area (TPSA) is 103 Å². The van der Waals surface area contributed by atoms with Gasteiger partial charge in [0.15, 0.2) is 0 Å². The van der Waals surface area contributed by atoms with Crippen LogP contribution in [0.1, 0.15) is 11.1 Å². The van der Waals surface area contributed by atoms with Gasteiger partial charge < -0.3 is 20.0 Å². The zero-order valence-electron chi connectivity index (χ0n) is 13.7. The van der Waals surface area contributed by atoms with Gasteiger partial charge in [-0.15, -0.1) is 0 Å². The molecule has 0 fully saturated rings. The van der Waals surface area contributed by atoms with E-state index in [9.17, 15) is 14.7 Å². The largest absolute Gasteiger partial charge is 0.546 e. The van der Waals surface area contributed by atoms with Gasteiger partial charge in [0.1, 0.15) is 12.4 Å². The molecule has 0 aromatic heterocycles. The lowest BCUT2D eigenvalue weighted by Gasteiger charge is -2.09. The van der Waals surface area contributed by atoms with Gasteiger partial charge in [0.05, 0.1) is 18.7 Å². The molecule has 0 aliphatic heterocycles. The Kier molecular flexibility index (Phi) is 6.53. The molecule has 25 heavy (non-hydrogen) atoms. The molecule has 2 rings (SSSR count). The van der Waals surface area contributed by atoms with Gasteiger partial charge in [0, 0.05) is 11.3 Å². The molecule has 0 aliphatic carbocycles. The molecule has 0 spiro atoms. The number of carbonyl (C=O) groups is 2. The summed E-state index contributed by atoms with van der Waals surface area (Å²) in [7, 11) is 0. The van der Waals surface area contributed by atoms with Crippen molar-refractivity contribution in [2.24, 2.45) is 5.10 Å². The number of hydrogen-bond donors (Lipinski definition) is 2. The molecule has 2 aromatic carbocycles. The van der Waals surface area contributed by atoms with Crippen molar-refractivity contribution >= 4 is 23.8 Å². The molecule has 0 radical (unpaired) electrons. The summed E-state index contributed by atoms with van der Waals surface area (Å²) < 4.78 is 5.10. The fraction of sp³-hybridized carbons (Fsp3) is 0.167. The van der Waals surface area contributed by atoms with Crippen LogP contribution in [0.5, 0.6) is 5.75 Å². The molecule has 0 saturated carbocycles. The van der Waals surface area contributed by atoms with Crippen molar-refractivity contribution < 1.29 is 19.4 Å². The van der Waals surface area contributed by atoms with E-state index in [2.05, 4.69) is 15.8 Å². The maximum absolute atomic E-state index is 11.8. The molecule has 0 atom stereocenters. The number of amides is 1. The number of aliphatic carboxylic acids is 1. The van der Waals surface area contributed by atoms with Gasteiger partial charge >= 0.3 is 0 Å². The number of anilines is 1. The number of benzene rings is 2. The summed E-state index contributed by atoms with van der Waals surface area (Å²) in [6.07, 6.45) is 1.39. The van der Waals surface area contributed by atoms with Crippen LogP contribution in [0, 0.1) is 6.92 Å². The molecule has 2 N–H and O–H groups in total. The van der Waals surface area contributed by atoms with Crippen LogP contribution in [0.25, 0.3) is 0 Å². The summed E-state index contributed by atoms with van der Waals surface area (Å²) in [6, 6.07) is 14.4. The zero-order valence-corrected chi connectivity index (χ0v) is 13.7. The molecular formula is C18H18N3O4-. The van der Waals surface area contributed by atoms with E-state index >= 15 is 0 Å². The Morgan fingerprint density at radius 3 is 2.64 bits per heavy atom. The third-order valence-corrected chi connectivity index (χ3v) is 3.24. The number of ether oxygens (including phenoxy) is 1. The lowest BCUT2D eigenvalue weighted by atomic mass is 10.2. The van der Waals surface area contributed by atoms with Gasteiger partial charge in [0.25, 0.3) is 5.91 Å². The zero-order chi connectivity index (χ0) is 18.1. The van der Waals surface area contributed by atoms with Crippen molar-refractivity contribution in [2.75, 3.05) is 18.5 Å².